The van der Waals surface area contributed by atoms with E-state index in [9.17, 15) is 10.2 Å². The van der Waals surface area contributed by atoms with Crippen molar-refractivity contribution in [2.75, 3.05) is 0 Å². The number of hydrogen-bond donors (Lipinski definition) is 2. The summed E-state index contributed by atoms with van der Waals surface area (Å²) in [4.78, 5) is 0. The van der Waals surface area contributed by atoms with E-state index in [1.807, 2.05) is 36.4 Å². The molecule has 0 bridgehead atoms. The molecular formula is C16H16O3. The van der Waals surface area contributed by atoms with E-state index in [0.717, 1.165) is 16.7 Å². The Bertz CT molecular complexity index is 565. The lowest BCUT2D eigenvalue weighted by Gasteiger charge is -2.30. The van der Waals surface area contributed by atoms with Crippen LogP contribution in [0, 0.1) is 0 Å². The predicted octanol–water partition coefficient (Wildman–Crippen LogP) is 2.41. The van der Waals surface area contributed by atoms with Crippen LogP contribution in [0.5, 0.6) is 5.75 Å². The van der Waals surface area contributed by atoms with E-state index in [0.29, 0.717) is 12.2 Å². The highest BCUT2D eigenvalue weighted by atomic mass is 16.6. The first-order chi connectivity index (χ1) is 9.28. The van der Waals surface area contributed by atoms with Gasteiger partial charge in [-0.3, -0.25) is 0 Å². The number of aliphatic hydroxyl groups excluding tert-OH is 2. The molecule has 1 aliphatic rings. The Balaban J connectivity index is 2.07. The van der Waals surface area contributed by atoms with Crippen LogP contribution in [0.3, 0.4) is 0 Å². The molecule has 0 unspecified atom stereocenters. The first-order valence-electron chi connectivity index (χ1n) is 6.41. The van der Waals surface area contributed by atoms with E-state index in [1.54, 1.807) is 0 Å². The lowest BCUT2D eigenvalue weighted by Crippen LogP contribution is -2.25. The highest BCUT2D eigenvalue weighted by Gasteiger charge is 2.28. The summed E-state index contributed by atoms with van der Waals surface area (Å²) < 4.78 is 5.46. The maximum atomic E-state index is 9.84. The second-order valence-corrected chi connectivity index (χ2v) is 4.80. The van der Waals surface area contributed by atoms with E-state index in [1.165, 1.54) is 0 Å². The van der Waals surface area contributed by atoms with Crippen LogP contribution in [0.2, 0.25) is 0 Å². The topological polar surface area (TPSA) is 49.7 Å². The number of benzene rings is 2. The van der Waals surface area contributed by atoms with Crippen LogP contribution in [0.1, 0.15) is 29.0 Å². The highest BCUT2D eigenvalue weighted by molar-refractivity contribution is 5.45. The molecule has 1 heterocycles. The molecule has 2 aromatic carbocycles. The third-order valence-corrected chi connectivity index (χ3v) is 3.53. The number of hydrogen-bond acceptors (Lipinski definition) is 3. The second kappa shape index (κ2) is 5.03. The lowest BCUT2D eigenvalue weighted by molar-refractivity contribution is -0.0359. The third-order valence-electron chi connectivity index (χ3n) is 3.53. The van der Waals surface area contributed by atoms with Gasteiger partial charge in [0.25, 0.3) is 0 Å². The van der Waals surface area contributed by atoms with Crippen LogP contribution in [-0.4, -0.2) is 16.5 Å². The fourth-order valence-corrected chi connectivity index (χ4v) is 2.60. The molecule has 0 fully saturated rings. The van der Waals surface area contributed by atoms with Crippen molar-refractivity contribution in [2.24, 2.45) is 0 Å². The summed E-state index contributed by atoms with van der Waals surface area (Å²) in [5, 5.41) is 19.1. The van der Waals surface area contributed by atoms with Gasteiger partial charge in [-0.15, -0.1) is 0 Å². The molecule has 3 nitrogen and oxygen atoms in total. The standard InChI is InChI=1S/C16H16O3/c17-10-11-6-7-15-14(8-11)13(9-16(18)19-15)12-4-2-1-3-5-12/h1-8,13,16-18H,9-10H2/t13-,16-/m1/s1. The average Bonchev–Trinajstić information content (AvgIpc) is 2.47. The van der Waals surface area contributed by atoms with Crippen molar-refractivity contribution in [3.8, 4) is 5.75 Å². The van der Waals surface area contributed by atoms with Gasteiger partial charge in [-0.25, -0.2) is 0 Å². The van der Waals surface area contributed by atoms with Crippen molar-refractivity contribution in [2.45, 2.75) is 25.2 Å². The van der Waals surface area contributed by atoms with Crippen LogP contribution in [0.15, 0.2) is 48.5 Å². The molecule has 2 atom stereocenters. The van der Waals surface area contributed by atoms with Gasteiger partial charge in [0.05, 0.1) is 6.61 Å². The van der Waals surface area contributed by atoms with Gasteiger partial charge in [0.1, 0.15) is 5.75 Å². The number of fused-ring (bicyclic) bond motifs is 1. The maximum Gasteiger partial charge on any atom is 0.198 e. The summed E-state index contributed by atoms with van der Waals surface area (Å²) in [6.07, 6.45) is -0.246. The number of aliphatic hydroxyl groups is 2. The molecule has 0 saturated carbocycles. The van der Waals surface area contributed by atoms with E-state index in [4.69, 9.17) is 4.74 Å². The van der Waals surface area contributed by atoms with E-state index < -0.39 is 6.29 Å². The van der Waals surface area contributed by atoms with Crippen LogP contribution >= 0.6 is 0 Å². The Hall–Kier alpha value is -1.84. The zero-order valence-electron chi connectivity index (χ0n) is 10.5. The molecule has 0 saturated heterocycles. The highest BCUT2D eigenvalue weighted by Crippen LogP contribution is 2.40. The lowest BCUT2D eigenvalue weighted by atomic mass is 9.85. The predicted molar refractivity (Wildman–Crippen MR) is 71.9 cm³/mol. The minimum absolute atomic E-state index is 0.0113. The second-order valence-electron chi connectivity index (χ2n) is 4.80. The number of rotatable bonds is 2. The van der Waals surface area contributed by atoms with E-state index in [2.05, 4.69) is 12.1 Å². The first-order valence-corrected chi connectivity index (χ1v) is 6.41. The fraction of sp³-hybridized carbons (Fsp3) is 0.250. The molecule has 0 aliphatic carbocycles. The molecule has 19 heavy (non-hydrogen) atoms. The molecule has 1 aliphatic heterocycles. The van der Waals surface area contributed by atoms with Gasteiger partial charge in [-0.1, -0.05) is 36.4 Å². The van der Waals surface area contributed by atoms with Gasteiger partial charge < -0.3 is 14.9 Å². The Morgan fingerprint density at radius 3 is 2.63 bits per heavy atom. The average molecular weight is 256 g/mol. The summed E-state index contributed by atoms with van der Waals surface area (Å²) in [5.41, 5.74) is 3.05. The van der Waals surface area contributed by atoms with Crippen molar-refractivity contribution in [3.05, 3.63) is 65.2 Å². The summed E-state index contributed by atoms with van der Waals surface area (Å²) >= 11 is 0. The molecular weight excluding hydrogens is 240 g/mol. The molecule has 0 aromatic heterocycles. The largest absolute Gasteiger partial charge is 0.465 e. The first kappa shape index (κ1) is 12.2. The Kier molecular flexibility index (Phi) is 3.23. The van der Waals surface area contributed by atoms with Gasteiger partial charge in [0, 0.05) is 17.9 Å². The fourth-order valence-electron chi connectivity index (χ4n) is 2.60. The Labute approximate surface area is 112 Å². The quantitative estimate of drug-likeness (QED) is 0.867. The van der Waals surface area contributed by atoms with Crippen molar-refractivity contribution in [1.29, 1.82) is 0 Å². The summed E-state index contributed by atoms with van der Waals surface area (Å²) in [7, 11) is 0. The Morgan fingerprint density at radius 2 is 1.89 bits per heavy atom. The normalized spacial score (nSPS) is 21.6. The van der Waals surface area contributed by atoms with Gasteiger partial charge in [-0.2, -0.15) is 0 Å². The smallest absolute Gasteiger partial charge is 0.198 e. The van der Waals surface area contributed by atoms with Crippen molar-refractivity contribution < 1.29 is 14.9 Å². The number of ether oxygens (including phenoxy) is 1. The van der Waals surface area contributed by atoms with Crippen molar-refractivity contribution >= 4 is 0 Å². The molecule has 0 spiro atoms. The zero-order chi connectivity index (χ0) is 13.2. The molecule has 3 rings (SSSR count). The molecule has 0 amide bonds. The molecule has 98 valence electrons. The van der Waals surface area contributed by atoms with Crippen LogP contribution in [0.25, 0.3) is 0 Å². The van der Waals surface area contributed by atoms with Gasteiger partial charge >= 0.3 is 0 Å². The molecule has 2 N–H and O–H groups in total. The summed E-state index contributed by atoms with van der Waals surface area (Å²) in [6.45, 7) is 0.0113. The van der Waals surface area contributed by atoms with Crippen LogP contribution in [0.4, 0.5) is 0 Å². The van der Waals surface area contributed by atoms with E-state index in [-0.39, 0.29) is 12.5 Å². The van der Waals surface area contributed by atoms with Crippen molar-refractivity contribution in [1.82, 2.24) is 0 Å². The van der Waals surface area contributed by atoms with Gasteiger partial charge in [0.2, 0.25) is 0 Å². The molecule has 3 heteroatoms. The maximum absolute atomic E-state index is 9.84. The minimum Gasteiger partial charge on any atom is -0.465 e. The van der Waals surface area contributed by atoms with Crippen LogP contribution < -0.4 is 4.74 Å². The third kappa shape index (κ3) is 2.35. The summed E-state index contributed by atoms with van der Waals surface area (Å²) in [5.74, 6) is 0.802. The molecule has 2 aromatic rings. The monoisotopic (exact) mass is 256 g/mol. The van der Waals surface area contributed by atoms with Gasteiger partial charge in [-0.05, 0) is 23.3 Å². The minimum atomic E-state index is -0.780. The van der Waals surface area contributed by atoms with Crippen molar-refractivity contribution in [3.63, 3.8) is 0 Å². The van der Waals surface area contributed by atoms with Crippen LogP contribution in [-0.2, 0) is 6.61 Å². The SMILES string of the molecule is OCc1ccc2c(c1)[C@@H](c1ccccc1)C[C@H](O)O2. The Morgan fingerprint density at radius 1 is 1.11 bits per heavy atom. The molecule has 0 radical (unpaired) electrons. The van der Waals surface area contributed by atoms with E-state index >= 15 is 0 Å². The summed E-state index contributed by atoms with van der Waals surface area (Å²) in [6, 6.07) is 15.7. The van der Waals surface area contributed by atoms with Gasteiger partial charge in [0.15, 0.2) is 6.29 Å². The zero-order valence-corrected chi connectivity index (χ0v) is 10.5.